The molecule has 0 bridgehead atoms. The van der Waals surface area contributed by atoms with Crippen LogP contribution in [0.1, 0.15) is 12.8 Å². The minimum atomic E-state index is -3.76. The third kappa shape index (κ3) is 4.77. The molecular formula is C16H21FN4O4S. The quantitative estimate of drug-likeness (QED) is 0.751. The first kappa shape index (κ1) is 18.7. The van der Waals surface area contributed by atoms with Crippen molar-refractivity contribution in [3.63, 3.8) is 0 Å². The lowest BCUT2D eigenvalue weighted by atomic mass is 10.3. The smallest absolute Gasteiger partial charge is 0.321 e. The van der Waals surface area contributed by atoms with Gasteiger partial charge in [-0.05, 0) is 31.0 Å². The van der Waals surface area contributed by atoms with Crippen molar-refractivity contribution < 1.29 is 22.4 Å². The van der Waals surface area contributed by atoms with Gasteiger partial charge in [0.25, 0.3) is 0 Å². The summed E-state index contributed by atoms with van der Waals surface area (Å²) in [5.41, 5.74) is 0. The molecule has 1 heterocycles. The Morgan fingerprint density at radius 3 is 2.46 bits per heavy atom. The van der Waals surface area contributed by atoms with Gasteiger partial charge in [0.05, 0.1) is 11.4 Å². The van der Waals surface area contributed by atoms with Crippen molar-refractivity contribution >= 4 is 22.0 Å². The number of hydrogen-bond donors (Lipinski definition) is 2. The van der Waals surface area contributed by atoms with E-state index >= 15 is 0 Å². The Balaban J connectivity index is 1.49. The van der Waals surface area contributed by atoms with Gasteiger partial charge in [-0.15, -0.1) is 0 Å². The van der Waals surface area contributed by atoms with E-state index in [0.717, 1.165) is 18.9 Å². The maximum Gasteiger partial charge on any atom is 0.321 e. The second-order valence-corrected chi connectivity index (χ2v) is 8.37. The number of piperazine rings is 1. The Hall–Kier alpha value is -2.04. The molecule has 0 radical (unpaired) electrons. The fraction of sp³-hybridized carbons (Fsp3) is 0.500. The van der Waals surface area contributed by atoms with Gasteiger partial charge in [-0.1, -0.05) is 6.07 Å². The average Bonchev–Trinajstić information content (AvgIpc) is 3.39. The highest BCUT2D eigenvalue weighted by molar-refractivity contribution is 7.89. The minimum Gasteiger partial charge on any atom is -0.335 e. The number of sulfonamides is 1. The van der Waals surface area contributed by atoms with E-state index < -0.39 is 27.8 Å². The molecule has 1 aromatic rings. The fourth-order valence-electron chi connectivity index (χ4n) is 2.72. The number of rotatable bonds is 5. The Labute approximate surface area is 151 Å². The number of benzene rings is 1. The van der Waals surface area contributed by atoms with Crippen molar-refractivity contribution in [2.24, 2.45) is 0 Å². The van der Waals surface area contributed by atoms with Crippen LogP contribution in [0.3, 0.4) is 0 Å². The molecule has 0 atom stereocenters. The molecule has 0 aromatic heterocycles. The maximum absolute atomic E-state index is 13.3. The van der Waals surface area contributed by atoms with Crippen molar-refractivity contribution in [3.8, 4) is 0 Å². The van der Waals surface area contributed by atoms with Crippen molar-refractivity contribution in [1.29, 1.82) is 0 Å². The SMILES string of the molecule is O=C(CN1CCN(S(=O)(=O)c2cccc(F)c2)CC1)NC(=O)NC1CC1. The van der Waals surface area contributed by atoms with Crippen LogP contribution in [-0.2, 0) is 14.8 Å². The summed E-state index contributed by atoms with van der Waals surface area (Å²) in [5, 5.41) is 4.93. The van der Waals surface area contributed by atoms with Crippen LogP contribution in [0.4, 0.5) is 9.18 Å². The third-order valence-electron chi connectivity index (χ3n) is 4.30. The lowest BCUT2D eigenvalue weighted by molar-refractivity contribution is -0.121. The Morgan fingerprint density at radius 1 is 1.15 bits per heavy atom. The van der Waals surface area contributed by atoms with Crippen LogP contribution in [0.15, 0.2) is 29.2 Å². The molecule has 3 amide bonds. The highest BCUT2D eigenvalue weighted by atomic mass is 32.2. The summed E-state index contributed by atoms with van der Waals surface area (Å²) in [5.74, 6) is -1.03. The monoisotopic (exact) mass is 384 g/mol. The molecule has 8 nitrogen and oxygen atoms in total. The number of hydrogen-bond acceptors (Lipinski definition) is 5. The molecule has 1 saturated carbocycles. The normalized spacial score (nSPS) is 19.1. The molecule has 0 spiro atoms. The van der Waals surface area contributed by atoms with E-state index in [2.05, 4.69) is 10.6 Å². The van der Waals surface area contributed by atoms with Crippen molar-refractivity contribution in [2.75, 3.05) is 32.7 Å². The minimum absolute atomic E-state index is 0.0198. The number of imide groups is 1. The van der Waals surface area contributed by atoms with Crippen LogP contribution in [0.2, 0.25) is 0 Å². The standard InChI is InChI=1S/C16H21FN4O4S/c17-12-2-1-3-14(10-12)26(24,25)21-8-6-20(7-9-21)11-15(22)19-16(23)18-13-4-5-13/h1-3,10,13H,4-9,11H2,(H2,18,19,22,23). The van der Waals surface area contributed by atoms with Crippen LogP contribution < -0.4 is 10.6 Å². The van der Waals surface area contributed by atoms with Gasteiger partial charge in [-0.25, -0.2) is 17.6 Å². The summed E-state index contributed by atoms with van der Waals surface area (Å²) < 4.78 is 39.6. The summed E-state index contributed by atoms with van der Waals surface area (Å²) in [4.78, 5) is 25.1. The first-order chi connectivity index (χ1) is 12.3. The molecule has 142 valence electrons. The Bertz CT molecular complexity index is 789. The van der Waals surface area contributed by atoms with E-state index in [1.165, 1.54) is 22.5 Å². The molecule has 1 aromatic carbocycles. The van der Waals surface area contributed by atoms with E-state index in [4.69, 9.17) is 0 Å². The highest BCUT2D eigenvalue weighted by Crippen LogP contribution is 2.19. The summed E-state index contributed by atoms with van der Waals surface area (Å²) in [6, 6.07) is 4.57. The number of carbonyl (C=O) groups excluding carboxylic acids is 2. The molecule has 10 heteroatoms. The predicted octanol–water partition coefficient (Wildman–Crippen LogP) is 0.120. The number of halogens is 1. The molecule has 1 saturated heterocycles. The Kier molecular flexibility index (Phi) is 5.54. The van der Waals surface area contributed by atoms with E-state index in [0.29, 0.717) is 13.1 Å². The van der Waals surface area contributed by atoms with Crippen LogP contribution >= 0.6 is 0 Å². The molecule has 3 rings (SSSR count). The molecule has 2 fully saturated rings. The number of carbonyl (C=O) groups is 2. The predicted molar refractivity (Wildman–Crippen MR) is 91.3 cm³/mol. The first-order valence-electron chi connectivity index (χ1n) is 8.43. The van der Waals surface area contributed by atoms with Gasteiger partial charge in [0.15, 0.2) is 0 Å². The van der Waals surface area contributed by atoms with Gasteiger partial charge in [0.2, 0.25) is 15.9 Å². The molecule has 2 aliphatic rings. The number of amides is 3. The van der Waals surface area contributed by atoms with Crippen molar-refractivity contribution in [1.82, 2.24) is 19.8 Å². The van der Waals surface area contributed by atoms with E-state index in [-0.39, 0.29) is 30.6 Å². The van der Waals surface area contributed by atoms with E-state index in [1.54, 1.807) is 4.90 Å². The average molecular weight is 384 g/mol. The summed E-state index contributed by atoms with van der Waals surface area (Å²) >= 11 is 0. The lowest BCUT2D eigenvalue weighted by Crippen LogP contribution is -2.52. The van der Waals surface area contributed by atoms with Crippen LogP contribution in [0, 0.1) is 5.82 Å². The van der Waals surface area contributed by atoms with Gasteiger partial charge >= 0.3 is 6.03 Å². The van der Waals surface area contributed by atoms with Crippen LogP contribution in [0.25, 0.3) is 0 Å². The second-order valence-electron chi connectivity index (χ2n) is 6.43. The zero-order valence-electron chi connectivity index (χ0n) is 14.2. The molecule has 1 aliphatic heterocycles. The molecular weight excluding hydrogens is 363 g/mol. The van der Waals surface area contributed by atoms with Gasteiger partial charge in [0, 0.05) is 32.2 Å². The summed E-state index contributed by atoms with van der Waals surface area (Å²) in [7, 11) is -3.76. The van der Waals surface area contributed by atoms with Crippen molar-refractivity contribution in [2.45, 2.75) is 23.8 Å². The van der Waals surface area contributed by atoms with Crippen molar-refractivity contribution in [3.05, 3.63) is 30.1 Å². The number of urea groups is 1. The second kappa shape index (κ2) is 7.68. The summed E-state index contributed by atoms with van der Waals surface area (Å²) in [6.07, 6.45) is 1.87. The summed E-state index contributed by atoms with van der Waals surface area (Å²) in [6.45, 7) is 1.12. The van der Waals surface area contributed by atoms with Crippen LogP contribution in [-0.4, -0.2) is 68.3 Å². The first-order valence-corrected chi connectivity index (χ1v) is 9.87. The number of nitrogens with zero attached hydrogens (tertiary/aromatic N) is 2. The Morgan fingerprint density at radius 2 is 1.85 bits per heavy atom. The highest BCUT2D eigenvalue weighted by Gasteiger charge is 2.30. The zero-order chi connectivity index (χ0) is 18.7. The zero-order valence-corrected chi connectivity index (χ0v) is 15.0. The van der Waals surface area contributed by atoms with E-state index in [1.807, 2.05) is 0 Å². The van der Waals surface area contributed by atoms with Gasteiger partial charge < -0.3 is 5.32 Å². The molecule has 1 aliphatic carbocycles. The van der Waals surface area contributed by atoms with E-state index in [9.17, 15) is 22.4 Å². The lowest BCUT2D eigenvalue weighted by Gasteiger charge is -2.33. The molecule has 0 unspecified atom stereocenters. The van der Waals surface area contributed by atoms with Crippen LogP contribution in [0.5, 0.6) is 0 Å². The van der Waals surface area contributed by atoms with Gasteiger partial charge in [-0.2, -0.15) is 4.31 Å². The fourth-order valence-corrected chi connectivity index (χ4v) is 4.18. The van der Waals surface area contributed by atoms with Gasteiger partial charge in [-0.3, -0.25) is 15.0 Å². The van der Waals surface area contributed by atoms with Gasteiger partial charge in [0.1, 0.15) is 5.82 Å². The third-order valence-corrected chi connectivity index (χ3v) is 6.19. The largest absolute Gasteiger partial charge is 0.335 e. The molecule has 26 heavy (non-hydrogen) atoms. The topological polar surface area (TPSA) is 98.8 Å². The number of nitrogens with one attached hydrogen (secondary N) is 2. The molecule has 2 N–H and O–H groups in total. The maximum atomic E-state index is 13.3.